The Morgan fingerprint density at radius 2 is 2.16 bits per heavy atom. The lowest BCUT2D eigenvalue weighted by atomic mass is 10.2. The smallest absolute Gasteiger partial charge is 0.292 e. The molecule has 0 spiro atoms. The molecule has 0 radical (unpaired) electrons. The number of nitrogens with zero attached hydrogens (tertiary/aromatic N) is 1. The Balaban J connectivity index is 2.30. The van der Waals surface area contributed by atoms with Crippen LogP contribution in [0, 0.1) is 10.1 Å². The second-order valence-corrected chi connectivity index (χ2v) is 4.96. The van der Waals surface area contributed by atoms with Gasteiger partial charge in [0.05, 0.1) is 4.92 Å². The predicted octanol–water partition coefficient (Wildman–Crippen LogP) is 3.59. The number of anilines is 1. The van der Waals surface area contributed by atoms with Crippen molar-refractivity contribution in [2.75, 3.05) is 5.32 Å². The van der Waals surface area contributed by atoms with Gasteiger partial charge in [-0.2, -0.15) is 0 Å². The molecule has 0 bridgehead atoms. The first-order chi connectivity index (χ1) is 8.97. The van der Waals surface area contributed by atoms with Gasteiger partial charge in [0, 0.05) is 21.8 Å². The fraction of sp³-hybridized carbons (Fsp3) is 0. The van der Waals surface area contributed by atoms with Gasteiger partial charge in [-0.3, -0.25) is 14.9 Å². The van der Waals surface area contributed by atoms with Crippen molar-refractivity contribution < 1.29 is 9.72 Å². The number of hydrogen-bond donors (Lipinski definition) is 2. The summed E-state index contributed by atoms with van der Waals surface area (Å²) in [6.07, 6.45) is 1.58. The summed E-state index contributed by atoms with van der Waals surface area (Å²) in [6.45, 7) is 0. The molecular weight excluding hydrogens is 337 g/mol. The van der Waals surface area contributed by atoms with Gasteiger partial charge in [-0.05, 0) is 34.1 Å². The van der Waals surface area contributed by atoms with Gasteiger partial charge in [-0.15, -0.1) is 0 Å². The first-order valence-electron chi connectivity index (χ1n) is 5.06. The Labute approximate surface area is 121 Å². The molecule has 1 amide bonds. The van der Waals surface area contributed by atoms with Crippen molar-refractivity contribution in [2.24, 2.45) is 0 Å². The average Bonchev–Trinajstić information content (AvgIpc) is 2.75. The molecule has 1 heterocycles. The second kappa shape index (κ2) is 5.41. The van der Waals surface area contributed by atoms with Gasteiger partial charge in [0.25, 0.3) is 11.6 Å². The van der Waals surface area contributed by atoms with Gasteiger partial charge >= 0.3 is 0 Å². The molecule has 0 saturated heterocycles. The molecule has 1 aromatic heterocycles. The number of nitro groups is 1. The highest BCUT2D eigenvalue weighted by Crippen LogP contribution is 2.28. The van der Waals surface area contributed by atoms with E-state index >= 15 is 0 Å². The number of aromatic nitrogens is 1. The molecular formula is C11H7BrClN3O3. The van der Waals surface area contributed by atoms with Crippen molar-refractivity contribution in [2.45, 2.75) is 0 Å². The monoisotopic (exact) mass is 343 g/mol. The zero-order chi connectivity index (χ0) is 14.0. The Morgan fingerprint density at radius 1 is 1.42 bits per heavy atom. The zero-order valence-corrected chi connectivity index (χ0v) is 11.7. The van der Waals surface area contributed by atoms with E-state index in [2.05, 4.69) is 26.2 Å². The summed E-state index contributed by atoms with van der Waals surface area (Å²) in [7, 11) is 0. The highest BCUT2D eigenvalue weighted by Gasteiger charge is 2.17. The summed E-state index contributed by atoms with van der Waals surface area (Å²) in [5.74, 6) is -0.490. The Kier molecular flexibility index (Phi) is 3.87. The number of nitrogens with one attached hydrogen (secondary N) is 2. The standard InChI is InChI=1S/C11H7BrClN3O3/c12-6-3-9(14-5-6)11(17)15-8-4-7(13)1-2-10(8)16(18)19/h1-5,14H,(H,15,17). The lowest BCUT2D eigenvalue weighted by molar-refractivity contribution is -0.383. The highest BCUT2D eigenvalue weighted by molar-refractivity contribution is 9.10. The maximum absolute atomic E-state index is 11.9. The molecule has 0 aliphatic rings. The molecule has 0 fully saturated rings. The van der Waals surface area contributed by atoms with Crippen LogP contribution in [0.5, 0.6) is 0 Å². The topological polar surface area (TPSA) is 88.0 Å². The van der Waals surface area contributed by atoms with E-state index in [0.29, 0.717) is 9.50 Å². The van der Waals surface area contributed by atoms with E-state index in [1.807, 2.05) is 0 Å². The maximum atomic E-state index is 11.9. The molecule has 2 N–H and O–H groups in total. The molecule has 19 heavy (non-hydrogen) atoms. The average molecular weight is 345 g/mol. The van der Waals surface area contributed by atoms with E-state index in [-0.39, 0.29) is 17.1 Å². The number of carbonyl (C=O) groups is 1. The summed E-state index contributed by atoms with van der Waals surface area (Å²) in [5, 5.41) is 13.6. The lowest BCUT2D eigenvalue weighted by Crippen LogP contribution is -2.13. The van der Waals surface area contributed by atoms with E-state index in [1.54, 1.807) is 12.3 Å². The molecule has 8 heteroatoms. The van der Waals surface area contributed by atoms with Gasteiger partial charge in [-0.25, -0.2) is 0 Å². The fourth-order valence-electron chi connectivity index (χ4n) is 1.46. The Morgan fingerprint density at radius 3 is 2.74 bits per heavy atom. The molecule has 6 nitrogen and oxygen atoms in total. The highest BCUT2D eigenvalue weighted by atomic mass is 79.9. The SMILES string of the molecule is O=C(Nc1cc(Cl)ccc1[N+](=O)[O-])c1cc(Br)c[nH]1. The van der Waals surface area contributed by atoms with Crippen molar-refractivity contribution in [3.05, 3.63) is 55.8 Å². The van der Waals surface area contributed by atoms with Crippen LogP contribution in [0.15, 0.2) is 34.9 Å². The molecule has 0 saturated carbocycles. The predicted molar refractivity (Wildman–Crippen MR) is 74.6 cm³/mol. The number of H-pyrrole nitrogens is 1. The zero-order valence-electron chi connectivity index (χ0n) is 9.31. The number of amides is 1. The van der Waals surface area contributed by atoms with E-state index in [0.717, 1.165) is 0 Å². The number of hydrogen-bond acceptors (Lipinski definition) is 3. The molecule has 98 valence electrons. The van der Waals surface area contributed by atoms with Crippen molar-refractivity contribution in [1.29, 1.82) is 0 Å². The van der Waals surface area contributed by atoms with E-state index in [4.69, 9.17) is 11.6 Å². The summed E-state index contributed by atoms with van der Waals surface area (Å²) in [6, 6.07) is 5.52. The van der Waals surface area contributed by atoms with Crippen LogP contribution in [0.2, 0.25) is 5.02 Å². The molecule has 0 unspecified atom stereocenters. The van der Waals surface area contributed by atoms with Crippen LogP contribution >= 0.6 is 27.5 Å². The first kappa shape index (κ1) is 13.6. The summed E-state index contributed by atoms with van der Waals surface area (Å²) < 4.78 is 0.707. The largest absolute Gasteiger partial charge is 0.356 e. The molecule has 2 aromatic rings. The van der Waals surface area contributed by atoms with Crippen LogP contribution in [0.4, 0.5) is 11.4 Å². The summed E-state index contributed by atoms with van der Waals surface area (Å²) >= 11 is 8.96. The third-order valence-corrected chi connectivity index (χ3v) is 2.99. The molecule has 1 aromatic carbocycles. The third-order valence-electron chi connectivity index (χ3n) is 2.30. The number of carbonyl (C=O) groups excluding carboxylic acids is 1. The number of benzene rings is 1. The van der Waals surface area contributed by atoms with Crippen molar-refractivity contribution >= 4 is 44.8 Å². The van der Waals surface area contributed by atoms with Crippen LogP contribution in [0.1, 0.15) is 10.5 Å². The Hall–Kier alpha value is -1.86. The van der Waals surface area contributed by atoms with E-state index in [1.165, 1.54) is 18.2 Å². The fourth-order valence-corrected chi connectivity index (χ4v) is 1.97. The van der Waals surface area contributed by atoms with Crippen LogP contribution in [0.25, 0.3) is 0 Å². The van der Waals surface area contributed by atoms with Crippen LogP contribution in [0.3, 0.4) is 0 Å². The molecule has 2 rings (SSSR count). The molecule has 0 aliphatic carbocycles. The molecule has 0 atom stereocenters. The minimum absolute atomic E-state index is 0.0493. The van der Waals surface area contributed by atoms with Gasteiger partial charge in [0.1, 0.15) is 11.4 Å². The number of nitro benzene ring substituents is 1. The third kappa shape index (κ3) is 3.12. The lowest BCUT2D eigenvalue weighted by Gasteiger charge is -2.05. The number of rotatable bonds is 3. The minimum Gasteiger partial charge on any atom is -0.356 e. The first-order valence-corrected chi connectivity index (χ1v) is 6.23. The number of aromatic amines is 1. The maximum Gasteiger partial charge on any atom is 0.292 e. The minimum atomic E-state index is -0.587. The number of halogens is 2. The normalized spacial score (nSPS) is 10.2. The quantitative estimate of drug-likeness (QED) is 0.659. The van der Waals surface area contributed by atoms with Crippen LogP contribution < -0.4 is 5.32 Å². The Bertz CT molecular complexity index is 656. The summed E-state index contributed by atoms with van der Waals surface area (Å²) in [4.78, 5) is 24.9. The van der Waals surface area contributed by atoms with E-state index < -0.39 is 10.8 Å². The van der Waals surface area contributed by atoms with Crippen molar-refractivity contribution in [1.82, 2.24) is 4.98 Å². The van der Waals surface area contributed by atoms with E-state index in [9.17, 15) is 14.9 Å². The van der Waals surface area contributed by atoms with Crippen molar-refractivity contribution in [3.63, 3.8) is 0 Å². The van der Waals surface area contributed by atoms with Gasteiger partial charge in [0.2, 0.25) is 0 Å². The van der Waals surface area contributed by atoms with Crippen LogP contribution in [-0.2, 0) is 0 Å². The summed E-state index contributed by atoms with van der Waals surface area (Å²) in [5.41, 5.74) is 0.109. The van der Waals surface area contributed by atoms with Crippen LogP contribution in [-0.4, -0.2) is 15.8 Å². The van der Waals surface area contributed by atoms with Crippen molar-refractivity contribution in [3.8, 4) is 0 Å². The van der Waals surface area contributed by atoms with Gasteiger partial charge in [0.15, 0.2) is 0 Å². The van der Waals surface area contributed by atoms with Gasteiger partial charge in [-0.1, -0.05) is 11.6 Å². The molecule has 0 aliphatic heterocycles. The van der Waals surface area contributed by atoms with Gasteiger partial charge < -0.3 is 10.3 Å². The second-order valence-electron chi connectivity index (χ2n) is 3.60.